The van der Waals surface area contributed by atoms with Gasteiger partial charge in [0.05, 0.1) is 0 Å². The average molecular weight is 230 g/mol. The number of rotatable bonds is 0. The Labute approximate surface area is 109 Å². The first-order chi connectivity index (χ1) is 4.39. The normalized spacial score (nSPS) is 5.82. The molecule has 1 rings (SSSR count). The Morgan fingerprint density at radius 1 is 1.09 bits per heavy atom. The van der Waals surface area contributed by atoms with Crippen LogP contribution < -0.4 is 0 Å². The molecular formula is C7H8CaO2Zn. The maximum absolute atomic E-state index is 8.63. The second kappa shape index (κ2) is 13.2. The minimum atomic E-state index is 0. The summed E-state index contributed by atoms with van der Waals surface area (Å²) in [4.78, 5) is 8.00. The van der Waals surface area contributed by atoms with Crippen molar-refractivity contribution in [3.05, 3.63) is 30.3 Å². The van der Waals surface area contributed by atoms with Gasteiger partial charge in [0.1, 0.15) is 12.5 Å². The van der Waals surface area contributed by atoms with E-state index in [0.29, 0.717) is 5.75 Å². The van der Waals surface area contributed by atoms with Gasteiger partial charge >= 0.3 is 0 Å². The van der Waals surface area contributed by atoms with Crippen LogP contribution in [0.5, 0.6) is 5.75 Å². The van der Waals surface area contributed by atoms with Crippen molar-refractivity contribution < 1.29 is 29.4 Å². The molecule has 2 radical (unpaired) electrons. The number of carbonyl (C=O) groups excluding carboxylic acids is 1. The van der Waals surface area contributed by atoms with Gasteiger partial charge in [-0.2, -0.15) is 0 Å². The van der Waals surface area contributed by atoms with Crippen LogP contribution in [0.1, 0.15) is 0 Å². The van der Waals surface area contributed by atoms with E-state index in [1.54, 1.807) is 24.3 Å². The maximum Gasteiger partial charge on any atom is 0.115 e. The molecule has 0 aromatic heterocycles. The second-order valence-corrected chi connectivity index (χ2v) is 1.34. The molecule has 0 saturated heterocycles. The van der Waals surface area contributed by atoms with Crippen molar-refractivity contribution >= 4 is 44.5 Å². The number of aromatic hydroxyl groups is 1. The first-order valence-corrected chi connectivity index (χ1v) is 2.42. The van der Waals surface area contributed by atoms with E-state index in [0.717, 1.165) is 0 Å². The molecule has 52 valence electrons. The molecule has 0 heterocycles. The molecule has 0 atom stereocenters. The van der Waals surface area contributed by atoms with Crippen molar-refractivity contribution in [1.29, 1.82) is 0 Å². The molecule has 1 aromatic carbocycles. The van der Waals surface area contributed by atoms with Gasteiger partial charge in [0.25, 0.3) is 0 Å². The Morgan fingerprint density at radius 3 is 1.64 bits per heavy atom. The van der Waals surface area contributed by atoms with Crippen LogP contribution >= 0.6 is 0 Å². The van der Waals surface area contributed by atoms with Crippen LogP contribution in [0, 0.1) is 0 Å². The average Bonchev–Trinajstić information content (AvgIpc) is 1.94. The van der Waals surface area contributed by atoms with Gasteiger partial charge in [-0.1, -0.05) is 18.2 Å². The molecule has 2 nitrogen and oxygen atoms in total. The number of hydrogen-bond donors (Lipinski definition) is 1. The van der Waals surface area contributed by atoms with Gasteiger partial charge in [-0.3, -0.25) is 0 Å². The topological polar surface area (TPSA) is 37.3 Å². The predicted octanol–water partition coefficient (Wildman–Crippen LogP) is 0.824. The molecule has 0 amide bonds. The standard InChI is InChI=1S/C6H6O.CH2O.Ca.Zn/c7-6-4-2-1-3-5-6;1-2;;/h1-5,7H;1H2;;. The third kappa shape index (κ3) is 10.6. The third-order valence-electron chi connectivity index (χ3n) is 0.756. The molecule has 0 fully saturated rings. The zero-order valence-electron chi connectivity index (χ0n) is 6.36. The summed E-state index contributed by atoms with van der Waals surface area (Å²) >= 11 is 0. The maximum atomic E-state index is 8.63. The van der Waals surface area contributed by atoms with Crippen molar-refractivity contribution in [3.63, 3.8) is 0 Å². The van der Waals surface area contributed by atoms with Gasteiger partial charge in [-0.05, 0) is 12.1 Å². The van der Waals surface area contributed by atoms with E-state index in [2.05, 4.69) is 0 Å². The van der Waals surface area contributed by atoms with Crippen LogP contribution in [0.15, 0.2) is 30.3 Å². The van der Waals surface area contributed by atoms with Crippen LogP contribution in [0.25, 0.3) is 0 Å². The summed E-state index contributed by atoms with van der Waals surface area (Å²) in [5.74, 6) is 0.322. The summed E-state index contributed by atoms with van der Waals surface area (Å²) in [7, 11) is 0. The number of phenols is 1. The first kappa shape index (κ1) is 17.6. The zero-order valence-corrected chi connectivity index (χ0v) is 11.5. The Balaban J connectivity index is -0.000000149. The minimum Gasteiger partial charge on any atom is -0.508 e. The molecule has 0 bridgehead atoms. The second-order valence-electron chi connectivity index (χ2n) is 1.34. The number of phenolic OH excluding ortho intramolecular Hbond substituents is 1. The molecule has 1 N–H and O–H groups in total. The van der Waals surface area contributed by atoms with Crippen LogP contribution in [-0.4, -0.2) is 49.6 Å². The minimum absolute atomic E-state index is 0. The Bertz CT molecular complexity index is 158. The van der Waals surface area contributed by atoms with Gasteiger partial charge in [0.2, 0.25) is 0 Å². The molecule has 0 saturated carbocycles. The van der Waals surface area contributed by atoms with E-state index in [1.807, 2.05) is 12.9 Å². The van der Waals surface area contributed by atoms with Crippen molar-refractivity contribution in [2.24, 2.45) is 0 Å². The Kier molecular flexibility index (Phi) is 21.1. The number of benzene rings is 1. The molecule has 11 heavy (non-hydrogen) atoms. The van der Waals surface area contributed by atoms with E-state index in [1.165, 1.54) is 0 Å². The van der Waals surface area contributed by atoms with Gasteiger partial charge in [0, 0.05) is 57.2 Å². The van der Waals surface area contributed by atoms with Gasteiger partial charge in [-0.25, -0.2) is 0 Å². The van der Waals surface area contributed by atoms with Gasteiger partial charge in [0.15, 0.2) is 0 Å². The fourth-order valence-corrected chi connectivity index (χ4v) is 0.428. The SMILES string of the molecule is C=O.Oc1ccccc1.[Ca].[Zn]. The van der Waals surface area contributed by atoms with E-state index in [-0.39, 0.29) is 57.2 Å². The molecule has 4 heteroatoms. The summed E-state index contributed by atoms with van der Waals surface area (Å²) in [5.41, 5.74) is 0. The largest absolute Gasteiger partial charge is 0.508 e. The zero-order chi connectivity index (χ0) is 7.11. The van der Waals surface area contributed by atoms with Gasteiger partial charge in [-0.15, -0.1) is 0 Å². The van der Waals surface area contributed by atoms with Crippen LogP contribution in [-0.2, 0) is 24.3 Å². The number of hydrogen-bond acceptors (Lipinski definition) is 2. The molecule has 0 spiro atoms. The summed E-state index contributed by atoms with van der Waals surface area (Å²) < 4.78 is 0. The molecular weight excluding hydrogens is 222 g/mol. The fraction of sp³-hybridized carbons (Fsp3) is 0. The first-order valence-electron chi connectivity index (χ1n) is 2.42. The van der Waals surface area contributed by atoms with Crippen molar-refractivity contribution in [2.45, 2.75) is 0 Å². The van der Waals surface area contributed by atoms with Crippen molar-refractivity contribution in [2.75, 3.05) is 0 Å². The smallest absolute Gasteiger partial charge is 0.115 e. The molecule has 0 aliphatic rings. The van der Waals surface area contributed by atoms with E-state index < -0.39 is 0 Å². The quantitative estimate of drug-likeness (QED) is 0.669. The van der Waals surface area contributed by atoms with Gasteiger partial charge < -0.3 is 9.90 Å². The molecule has 0 unspecified atom stereocenters. The Morgan fingerprint density at radius 2 is 1.45 bits per heavy atom. The molecule has 0 aliphatic heterocycles. The summed E-state index contributed by atoms with van der Waals surface area (Å²) in [6.45, 7) is 2.00. The summed E-state index contributed by atoms with van der Waals surface area (Å²) in [6, 6.07) is 8.71. The summed E-state index contributed by atoms with van der Waals surface area (Å²) in [5, 5.41) is 8.63. The van der Waals surface area contributed by atoms with Crippen LogP contribution in [0.3, 0.4) is 0 Å². The third-order valence-corrected chi connectivity index (χ3v) is 0.756. The van der Waals surface area contributed by atoms with Crippen molar-refractivity contribution in [3.8, 4) is 5.75 Å². The van der Waals surface area contributed by atoms with E-state index in [4.69, 9.17) is 9.90 Å². The Hall–Kier alpha value is 0.573. The summed E-state index contributed by atoms with van der Waals surface area (Å²) in [6.07, 6.45) is 0. The molecule has 0 aliphatic carbocycles. The number of carbonyl (C=O) groups is 1. The predicted molar refractivity (Wildman–Crippen MR) is 41.0 cm³/mol. The number of para-hydroxylation sites is 1. The molecule has 1 aromatic rings. The fourth-order valence-electron chi connectivity index (χ4n) is 0.428. The van der Waals surface area contributed by atoms with Crippen LogP contribution in [0.2, 0.25) is 0 Å². The van der Waals surface area contributed by atoms with Crippen LogP contribution in [0.4, 0.5) is 0 Å². The van der Waals surface area contributed by atoms with Crippen molar-refractivity contribution in [1.82, 2.24) is 0 Å². The van der Waals surface area contributed by atoms with E-state index in [9.17, 15) is 0 Å². The monoisotopic (exact) mass is 228 g/mol. The van der Waals surface area contributed by atoms with E-state index >= 15 is 0 Å².